The first kappa shape index (κ1) is 16.7. The van der Waals surface area contributed by atoms with Crippen LogP contribution >= 0.6 is 0 Å². The smallest absolute Gasteiger partial charge is 0.304 e. The predicted octanol–water partition coefficient (Wildman–Crippen LogP) is 5.21. The molecule has 0 saturated heterocycles. The Balaban J connectivity index is 2.18. The molecule has 0 aliphatic rings. The van der Waals surface area contributed by atoms with Crippen LogP contribution in [-0.2, 0) is 15.1 Å². The van der Waals surface area contributed by atoms with Crippen LogP contribution in [0.1, 0.15) is 23.6 Å². The third-order valence-electron chi connectivity index (χ3n) is 4.02. The molecule has 0 fully saturated rings. The van der Waals surface area contributed by atoms with E-state index in [9.17, 15) is 4.79 Å². The summed E-state index contributed by atoms with van der Waals surface area (Å²) in [5.74, 6) is -0.328. The molecule has 0 aromatic heterocycles. The summed E-state index contributed by atoms with van der Waals surface area (Å²) < 4.78 is 5.91. The Hall–Kier alpha value is -3.13. The van der Waals surface area contributed by atoms with E-state index in [4.69, 9.17) is 4.74 Å². The molecule has 0 N–H and O–H groups in total. The van der Waals surface area contributed by atoms with Crippen molar-refractivity contribution in [1.29, 1.82) is 0 Å². The molecule has 0 heterocycles. The Morgan fingerprint density at radius 3 is 1.64 bits per heavy atom. The summed E-state index contributed by atoms with van der Waals surface area (Å²) in [6, 6.07) is 29.6. The Labute approximate surface area is 148 Å². The Kier molecular flexibility index (Phi) is 5.10. The fraction of sp³-hybridized carbons (Fsp3) is 0.0870. The molecule has 0 amide bonds. The molecular weight excluding hydrogens is 308 g/mol. The van der Waals surface area contributed by atoms with E-state index in [-0.39, 0.29) is 5.97 Å². The van der Waals surface area contributed by atoms with Crippen molar-refractivity contribution in [1.82, 2.24) is 0 Å². The van der Waals surface area contributed by atoms with Crippen molar-refractivity contribution in [2.45, 2.75) is 12.5 Å². The summed E-state index contributed by atoms with van der Waals surface area (Å²) in [4.78, 5) is 12.0. The highest BCUT2D eigenvalue weighted by atomic mass is 16.6. The van der Waals surface area contributed by atoms with Crippen molar-refractivity contribution in [3.8, 4) is 0 Å². The summed E-state index contributed by atoms with van der Waals surface area (Å²) in [5.41, 5.74) is 1.89. The Morgan fingerprint density at radius 1 is 0.760 bits per heavy atom. The zero-order chi connectivity index (χ0) is 17.5. The number of carbonyl (C=O) groups excluding carboxylic acids is 1. The van der Waals surface area contributed by atoms with Gasteiger partial charge in [0.1, 0.15) is 0 Å². The maximum absolute atomic E-state index is 12.0. The normalized spacial score (nSPS) is 11.4. The first-order valence-electron chi connectivity index (χ1n) is 8.26. The summed E-state index contributed by atoms with van der Waals surface area (Å²) >= 11 is 0. The number of esters is 1. The predicted molar refractivity (Wildman–Crippen MR) is 101 cm³/mol. The largest absolute Gasteiger partial charge is 0.445 e. The first-order valence-corrected chi connectivity index (χ1v) is 8.26. The van der Waals surface area contributed by atoms with Gasteiger partial charge in [-0.1, -0.05) is 97.1 Å². The maximum Gasteiger partial charge on any atom is 0.304 e. The van der Waals surface area contributed by atoms with Crippen LogP contribution in [0.25, 0.3) is 6.08 Å². The third-order valence-corrected chi connectivity index (χ3v) is 4.02. The van der Waals surface area contributed by atoms with E-state index in [1.807, 2.05) is 103 Å². The van der Waals surface area contributed by atoms with Gasteiger partial charge in [0.05, 0.1) is 0 Å². The van der Waals surface area contributed by atoms with Crippen molar-refractivity contribution in [3.05, 3.63) is 114 Å². The second-order valence-electron chi connectivity index (χ2n) is 5.81. The molecule has 25 heavy (non-hydrogen) atoms. The molecular formula is C23H20O2. The quantitative estimate of drug-likeness (QED) is 0.601. The van der Waals surface area contributed by atoms with Crippen molar-refractivity contribution in [2.24, 2.45) is 0 Å². The van der Waals surface area contributed by atoms with E-state index in [1.165, 1.54) is 6.92 Å². The van der Waals surface area contributed by atoms with Gasteiger partial charge < -0.3 is 4.74 Å². The van der Waals surface area contributed by atoms with Gasteiger partial charge in [-0.2, -0.15) is 0 Å². The lowest BCUT2D eigenvalue weighted by Crippen LogP contribution is -2.31. The van der Waals surface area contributed by atoms with E-state index in [0.29, 0.717) is 0 Å². The van der Waals surface area contributed by atoms with Crippen molar-refractivity contribution >= 4 is 12.0 Å². The highest BCUT2D eigenvalue weighted by molar-refractivity contribution is 5.69. The van der Waals surface area contributed by atoms with Crippen LogP contribution in [-0.4, -0.2) is 5.97 Å². The second kappa shape index (κ2) is 7.63. The SMILES string of the molecule is CC(=O)OC(/C=C/c1ccccc1)(c1ccccc1)c1ccccc1. The lowest BCUT2D eigenvalue weighted by Gasteiger charge is -2.31. The fourth-order valence-corrected chi connectivity index (χ4v) is 2.89. The van der Waals surface area contributed by atoms with Gasteiger partial charge >= 0.3 is 5.97 Å². The summed E-state index contributed by atoms with van der Waals surface area (Å²) in [7, 11) is 0. The molecule has 124 valence electrons. The molecule has 0 unspecified atom stereocenters. The van der Waals surface area contributed by atoms with E-state index in [1.54, 1.807) is 0 Å². The summed E-state index contributed by atoms with van der Waals surface area (Å²) in [6.07, 6.45) is 3.94. The molecule has 3 aromatic carbocycles. The number of benzene rings is 3. The van der Waals surface area contributed by atoms with Crippen LogP contribution < -0.4 is 0 Å². The number of rotatable bonds is 5. The van der Waals surface area contributed by atoms with Gasteiger partial charge in [0.25, 0.3) is 0 Å². The molecule has 3 aromatic rings. The standard InChI is InChI=1S/C23H20O2/c1-19(24)25-23(21-13-7-3-8-14-21,22-15-9-4-10-16-22)18-17-20-11-5-2-6-12-20/h2-18H,1H3/b18-17+. The van der Waals surface area contributed by atoms with Crippen molar-refractivity contribution in [2.75, 3.05) is 0 Å². The van der Waals surface area contributed by atoms with Gasteiger partial charge in [-0.3, -0.25) is 4.79 Å². The highest BCUT2D eigenvalue weighted by Crippen LogP contribution is 2.36. The first-order chi connectivity index (χ1) is 12.2. The minimum atomic E-state index is -0.968. The van der Waals surface area contributed by atoms with Crippen molar-refractivity contribution < 1.29 is 9.53 Å². The lowest BCUT2D eigenvalue weighted by molar-refractivity contribution is -0.150. The molecule has 0 aliphatic carbocycles. The van der Waals surface area contributed by atoms with E-state index < -0.39 is 5.60 Å². The van der Waals surface area contributed by atoms with E-state index in [0.717, 1.165) is 16.7 Å². The molecule has 2 nitrogen and oxygen atoms in total. The summed E-state index contributed by atoms with van der Waals surface area (Å²) in [6.45, 7) is 1.44. The molecule has 0 aliphatic heterocycles. The van der Waals surface area contributed by atoms with Crippen LogP contribution in [0, 0.1) is 0 Å². The van der Waals surface area contributed by atoms with Gasteiger partial charge in [-0.05, 0) is 11.6 Å². The average Bonchev–Trinajstić information content (AvgIpc) is 2.67. The monoisotopic (exact) mass is 328 g/mol. The minimum Gasteiger partial charge on any atom is -0.445 e. The molecule has 0 radical (unpaired) electrons. The van der Waals surface area contributed by atoms with Crippen LogP contribution in [0.15, 0.2) is 97.1 Å². The molecule has 0 bridgehead atoms. The Bertz CT molecular complexity index is 798. The molecule has 2 heteroatoms. The van der Waals surface area contributed by atoms with Gasteiger partial charge in [-0.25, -0.2) is 0 Å². The van der Waals surface area contributed by atoms with Gasteiger partial charge in [0, 0.05) is 18.1 Å². The number of carbonyl (C=O) groups is 1. The lowest BCUT2D eigenvalue weighted by atomic mass is 9.85. The number of ether oxygens (including phenoxy) is 1. The molecule has 0 atom stereocenters. The van der Waals surface area contributed by atoms with Crippen LogP contribution in [0.3, 0.4) is 0 Å². The van der Waals surface area contributed by atoms with Crippen molar-refractivity contribution in [3.63, 3.8) is 0 Å². The van der Waals surface area contributed by atoms with Crippen LogP contribution in [0.4, 0.5) is 0 Å². The van der Waals surface area contributed by atoms with Crippen LogP contribution in [0.2, 0.25) is 0 Å². The fourth-order valence-electron chi connectivity index (χ4n) is 2.89. The topological polar surface area (TPSA) is 26.3 Å². The third kappa shape index (κ3) is 3.86. The zero-order valence-corrected chi connectivity index (χ0v) is 14.1. The molecule has 0 spiro atoms. The van der Waals surface area contributed by atoms with Gasteiger partial charge in [0.2, 0.25) is 0 Å². The molecule has 3 rings (SSSR count). The average molecular weight is 328 g/mol. The molecule has 0 saturated carbocycles. The minimum absolute atomic E-state index is 0.328. The number of hydrogen-bond donors (Lipinski definition) is 0. The Morgan fingerprint density at radius 2 is 1.20 bits per heavy atom. The summed E-state index contributed by atoms with van der Waals surface area (Å²) in [5, 5.41) is 0. The van der Waals surface area contributed by atoms with Gasteiger partial charge in [-0.15, -0.1) is 0 Å². The zero-order valence-electron chi connectivity index (χ0n) is 14.1. The number of hydrogen-bond acceptors (Lipinski definition) is 2. The second-order valence-corrected chi connectivity index (χ2v) is 5.81. The van der Waals surface area contributed by atoms with Crippen LogP contribution in [0.5, 0.6) is 0 Å². The highest BCUT2D eigenvalue weighted by Gasteiger charge is 2.35. The maximum atomic E-state index is 12.0. The van der Waals surface area contributed by atoms with E-state index in [2.05, 4.69) is 0 Å². The van der Waals surface area contributed by atoms with Gasteiger partial charge in [0.15, 0.2) is 5.60 Å². The van der Waals surface area contributed by atoms with E-state index >= 15 is 0 Å².